The van der Waals surface area contributed by atoms with E-state index in [0.717, 1.165) is 5.01 Å². The molecule has 0 saturated carbocycles. The second kappa shape index (κ2) is 5.75. The van der Waals surface area contributed by atoms with Gasteiger partial charge in [-0.1, -0.05) is 0 Å². The van der Waals surface area contributed by atoms with Crippen LogP contribution in [0.1, 0.15) is 17.3 Å². The Bertz CT molecular complexity index is 667. The van der Waals surface area contributed by atoms with Crippen LogP contribution in [-0.2, 0) is 4.79 Å². The molecule has 1 aromatic rings. The smallest absolute Gasteiger partial charge is 0.282 e. The molecule has 0 bridgehead atoms. The molecule has 0 radical (unpaired) electrons. The molecule has 21 heavy (non-hydrogen) atoms. The van der Waals surface area contributed by atoms with Gasteiger partial charge in [0, 0.05) is 5.56 Å². The van der Waals surface area contributed by atoms with Gasteiger partial charge in [0.25, 0.3) is 5.91 Å². The molecular formula is C12H12N6O2S. The number of hydrogen-bond acceptors (Lipinski definition) is 6. The minimum absolute atomic E-state index is 0.136. The lowest BCUT2D eigenvalue weighted by molar-refractivity contribution is -0.126. The summed E-state index contributed by atoms with van der Waals surface area (Å²) < 4.78 is 0. The summed E-state index contributed by atoms with van der Waals surface area (Å²) in [5.74, 6) is -0.975. The molecule has 1 aromatic carbocycles. The number of hydrazone groups is 1. The largest absolute Gasteiger partial charge is 0.374 e. The van der Waals surface area contributed by atoms with E-state index in [-0.39, 0.29) is 5.11 Å². The second-order valence-corrected chi connectivity index (χ2v) is 4.68. The Hall–Kier alpha value is -2.68. The number of nitrogens with two attached hydrogens (primary N) is 2. The van der Waals surface area contributed by atoms with E-state index >= 15 is 0 Å². The van der Waals surface area contributed by atoms with Crippen molar-refractivity contribution in [2.45, 2.75) is 13.0 Å². The summed E-state index contributed by atoms with van der Waals surface area (Å²) in [6.45, 7) is 1.63. The predicted molar refractivity (Wildman–Crippen MR) is 80.0 cm³/mol. The molecule has 8 nitrogen and oxygen atoms in total. The number of nitrogens with zero attached hydrogens (tertiary/aromatic N) is 4. The first-order valence-electron chi connectivity index (χ1n) is 5.89. The van der Waals surface area contributed by atoms with Crippen molar-refractivity contribution in [1.82, 2.24) is 5.01 Å². The molecular weight excluding hydrogens is 292 g/mol. The van der Waals surface area contributed by atoms with Crippen LogP contribution in [0.4, 0.5) is 5.69 Å². The molecule has 0 aliphatic carbocycles. The van der Waals surface area contributed by atoms with Crippen LogP contribution in [0, 0.1) is 0 Å². The van der Waals surface area contributed by atoms with Gasteiger partial charge < -0.3 is 11.5 Å². The number of primary amides is 1. The SMILES string of the molecule is CC1=NN(C(N)=S)C(=O)C1N=Nc1ccc(C(N)=O)cc1. The Labute approximate surface area is 125 Å². The van der Waals surface area contributed by atoms with Crippen molar-refractivity contribution >= 4 is 40.5 Å². The minimum Gasteiger partial charge on any atom is -0.374 e. The fourth-order valence-electron chi connectivity index (χ4n) is 1.66. The first-order chi connectivity index (χ1) is 9.90. The van der Waals surface area contributed by atoms with Crippen LogP contribution in [0.15, 0.2) is 39.6 Å². The molecule has 9 heteroatoms. The number of rotatable bonds is 3. The molecule has 2 amide bonds. The van der Waals surface area contributed by atoms with Crippen LogP contribution in [0.5, 0.6) is 0 Å². The number of benzene rings is 1. The van der Waals surface area contributed by atoms with Crippen LogP contribution in [0.25, 0.3) is 0 Å². The van der Waals surface area contributed by atoms with Crippen molar-refractivity contribution < 1.29 is 9.59 Å². The maximum absolute atomic E-state index is 12.0. The standard InChI is InChI=1S/C12H12N6O2S/c1-6-9(11(20)18(17-6)12(14)21)16-15-8-4-2-7(3-5-8)10(13)19/h2-5,9H,1H3,(H2,13,19)(H2,14,21). The Balaban J connectivity index is 2.15. The summed E-state index contributed by atoms with van der Waals surface area (Å²) in [6.07, 6.45) is 0. The van der Waals surface area contributed by atoms with Crippen molar-refractivity contribution in [2.24, 2.45) is 26.8 Å². The van der Waals surface area contributed by atoms with E-state index in [1.165, 1.54) is 12.1 Å². The average molecular weight is 304 g/mol. The van der Waals surface area contributed by atoms with E-state index in [2.05, 4.69) is 15.3 Å². The normalized spacial score (nSPS) is 18.1. The zero-order valence-electron chi connectivity index (χ0n) is 11.1. The minimum atomic E-state index is -0.845. The molecule has 0 aromatic heterocycles. The molecule has 1 atom stereocenters. The zero-order valence-corrected chi connectivity index (χ0v) is 11.9. The van der Waals surface area contributed by atoms with Crippen molar-refractivity contribution in [3.63, 3.8) is 0 Å². The lowest BCUT2D eigenvalue weighted by Crippen LogP contribution is -2.37. The molecule has 1 unspecified atom stereocenters. The Morgan fingerprint density at radius 1 is 1.33 bits per heavy atom. The Kier molecular flexibility index (Phi) is 4.03. The maximum atomic E-state index is 12.0. The van der Waals surface area contributed by atoms with E-state index < -0.39 is 17.9 Å². The monoisotopic (exact) mass is 304 g/mol. The Morgan fingerprint density at radius 3 is 2.43 bits per heavy atom. The third kappa shape index (κ3) is 3.08. The van der Waals surface area contributed by atoms with Crippen molar-refractivity contribution in [3.05, 3.63) is 29.8 Å². The van der Waals surface area contributed by atoms with Gasteiger partial charge in [-0.2, -0.15) is 20.3 Å². The molecule has 0 spiro atoms. The molecule has 0 fully saturated rings. The number of hydrogen-bond donors (Lipinski definition) is 2. The summed E-state index contributed by atoms with van der Waals surface area (Å²) in [5, 5.41) is 12.6. The number of carbonyl (C=O) groups excluding carboxylic acids is 2. The first-order valence-corrected chi connectivity index (χ1v) is 6.30. The van der Waals surface area contributed by atoms with Gasteiger partial charge in [0.2, 0.25) is 5.91 Å². The van der Waals surface area contributed by atoms with Gasteiger partial charge in [0.05, 0.1) is 11.4 Å². The maximum Gasteiger partial charge on any atom is 0.282 e. The summed E-state index contributed by atoms with van der Waals surface area (Å²) in [7, 11) is 0. The highest BCUT2D eigenvalue weighted by Crippen LogP contribution is 2.17. The quantitative estimate of drug-likeness (QED) is 0.629. The van der Waals surface area contributed by atoms with Gasteiger partial charge in [0.15, 0.2) is 11.2 Å². The lowest BCUT2D eigenvalue weighted by Gasteiger charge is -2.08. The highest BCUT2D eigenvalue weighted by atomic mass is 32.1. The summed E-state index contributed by atoms with van der Waals surface area (Å²) >= 11 is 4.71. The molecule has 1 aliphatic heterocycles. The average Bonchev–Trinajstić information content (AvgIpc) is 2.72. The van der Waals surface area contributed by atoms with Gasteiger partial charge in [-0.15, -0.1) is 0 Å². The third-order valence-corrected chi connectivity index (χ3v) is 2.92. The van der Waals surface area contributed by atoms with E-state index in [4.69, 9.17) is 23.7 Å². The van der Waals surface area contributed by atoms with Crippen LogP contribution in [0.3, 0.4) is 0 Å². The third-order valence-electron chi connectivity index (χ3n) is 2.75. The van der Waals surface area contributed by atoms with Crippen LogP contribution in [0.2, 0.25) is 0 Å². The van der Waals surface area contributed by atoms with E-state index in [0.29, 0.717) is 17.0 Å². The van der Waals surface area contributed by atoms with Crippen molar-refractivity contribution in [1.29, 1.82) is 0 Å². The topological polar surface area (TPSA) is 126 Å². The van der Waals surface area contributed by atoms with Crippen LogP contribution < -0.4 is 11.5 Å². The second-order valence-electron chi connectivity index (χ2n) is 4.26. The molecule has 2 rings (SSSR count). The lowest BCUT2D eigenvalue weighted by atomic mass is 10.2. The van der Waals surface area contributed by atoms with E-state index in [9.17, 15) is 9.59 Å². The van der Waals surface area contributed by atoms with Gasteiger partial charge in [-0.3, -0.25) is 9.59 Å². The first kappa shape index (κ1) is 14.7. The molecule has 108 valence electrons. The summed E-state index contributed by atoms with van der Waals surface area (Å²) in [5.41, 5.74) is 11.8. The fourth-order valence-corrected chi connectivity index (χ4v) is 1.79. The number of amides is 2. The summed E-state index contributed by atoms with van der Waals surface area (Å²) in [4.78, 5) is 22.9. The molecule has 0 saturated heterocycles. The van der Waals surface area contributed by atoms with Gasteiger partial charge in [0.1, 0.15) is 0 Å². The van der Waals surface area contributed by atoms with Gasteiger partial charge >= 0.3 is 0 Å². The predicted octanol–water partition coefficient (Wildman–Crippen LogP) is 0.700. The zero-order chi connectivity index (χ0) is 15.6. The molecule has 1 aliphatic rings. The van der Waals surface area contributed by atoms with Crippen molar-refractivity contribution in [3.8, 4) is 0 Å². The number of azo groups is 1. The van der Waals surface area contributed by atoms with Gasteiger partial charge in [-0.05, 0) is 43.4 Å². The van der Waals surface area contributed by atoms with Crippen LogP contribution >= 0.6 is 12.2 Å². The van der Waals surface area contributed by atoms with Crippen molar-refractivity contribution in [2.75, 3.05) is 0 Å². The molecule has 4 N–H and O–H groups in total. The highest BCUT2D eigenvalue weighted by Gasteiger charge is 2.35. The van der Waals surface area contributed by atoms with E-state index in [1.54, 1.807) is 19.1 Å². The highest BCUT2D eigenvalue weighted by molar-refractivity contribution is 7.80. The fraction of sp³-hybridized carbons (Fsp3) is 0.167. The number of carbonyl (C=O) groups is 2. The molecule has 1 heterocycles. The van der Waals surface area contributed by atoms with Gasteiger partial charge in [-0.25, -0.2) is 0 Å². The van der Waals surface area contributed by atoms with E-state index in [1.807, 2.05) is 0 Å². The summed E-state index contributed by atoms with van der Waals surface area (Å²) in [6, 6.07) is 5.34. The Morgan fingerprint density at radius 2 is 1.95 bits per heavy atom. The number of thiocarbonyl (C=S) groups is 1. The van der Waals surface area contributed by atoms with Crippen LogP contribution in [-0.4, -0.2) is 33.7 Å².